The summed E-state index contributed by atoms with van der Waals surface area (Å²) in [5, 5.41) is 5.98. The Morgan fingerprint density at radius 1 is 1.37 bits per heavy atom. The molecule has 1 heterocycles. The summed E-state index contributed by atoms with van der Waals surface area (Å²) in [5.74, 6) is 0.292. The molecule has 0 unspecified atom stereocenters. The highest BCUT2D eigenvalue weighted by atomic mass is 35.5. The number of hydrogen-bond donors (Lipinski definition) is 1. The van der Waals surface area contributed by atoms with Gasteiger partial charge in [-0.3, -0.25) is 10.1 Å². The Bertz CT molecular complexity index is 637. The highest BCUT2D eigenvalue weighted by Crippen LogP contribution is 2.41. The van der Waals surface area contributed by atoms with Gasteiger partial charge in [0.2, 0.25) is 0 Å². The normalized spacial score (nSPS) is 14.4. The lowest BCUT2D eigenvalue weighted by Gasteiger charge is -2.04. The Morgan fingerprint density at radius 3 is 2.89 bits per heavy atom. The van der Waals surface area contributed by atoms with E-state index in [-0.39, 0.29) is 10.9 Å². The third kappa shape index (κ3) is 2.76. The molecule has 0 bridgehead atoms. The summed E-state index contributed by atoms with van der Waals surface area (Å²) in [7, 11) is 0. The lowest BCUT2D eigenvalue weighted by Crippen LogP contribution is -2.12. The number of aromatic nitrogens is 1. The first-order chi connectivity index (χ1) is 9.15. The molecular formula is C13H10Cl2N2OS. The maximum absolute atomic E-state index is 12.1. The third-order valence-electron chi connectivity index (χ3n) is 2.93. The molecule has 0 atom stereocenters. The van der Waals surface area contributed by atoms with Crippen molar-refractivity contribution < 1.29 is 4.79 Å². The quantitative estimate of drug-likeness (QED) is 0.901. The van der Waals surface area contributed by atoms with Crippen molar-refractivity contribution in [2.45, 2.75) is 18.8 Å². The SMILES string of the molecule is O=C(Nc1nc(C2CC2)cs1)c1cccc(Cl)c1Cl. The average molecular weight is 313 g/mol. The summed E-state index contributed by atoms with van der Waals surface area (Å²) in [6, 6.07) is 4.98. The molecule has 1 fully saturated rings. The van der Waals surface area contributed by atoms with E-state index in [1.807, 2.05) is 5.38 Å². The molecule has 0 aliphatic heterocycles. The van der Waals surface area contributed by atoms with Gasteiger partial charge in [-0.1, -0.05) is 29.3 Å². The number of benzene rings is 1. The molecule has 1 saturated carbocycles. The van der Waals surface area contributed by atoms with Crippen molar-refractivity contribution in [1.82, 2.24) is 4.98 Å². The molecule has 1 aromatic carbocycles. The van der Waals surface area contributed by atoms with Crippen LogP contribution in [0.4, 0.5) is 5.13 Å². The van der Waals surface area contributed by atoms with Gasteiger partial charge in [0, 0.05) is 11.3 Å². The van der Waals surface area contributed by atoms with Gasteiger partial charge >= 0.3 is 0 Å². The van der Waals surface area contributed by atoms with Crippen molar-refractivity contribution in [3.63, 3.8) is 0 Å². The number of rotatable bonds is 3. The van der Waals surface area contributed by atoms with Crippen molar-refractivity contribution >= 4 is 45.6 Å². The van der Waals surface area contributed by atoms with Gasteiger partial charge in [-0.05, 0) is 25.0 Å². The zero-order valence-electron chi connectivity index (χ0n) is 9.82. The second kappa shape index (κ2) is 5.12. The van der Waals surface area contributed by atoms with Crippen LogP contribution in [0.25, 0.3) is 0 Å². The summed E-state index contributed by atoms with van der Waals surface area (Å²) >= 11 is 13.3. The second-order valence-corrected chi connectivity index (χ2v) is 6.05. The minimum atomic E-state index is -0.288. The van der Waals surface area contributed by atoms with Gasteiger partial charge in [0.25, 0.3) is 5.91 Å². The highest BCUT2D eigenvalue weighted by molar-refractivity contribution is 7.14. The minimum absolute atomic E-state index is 0.264. The number of anilines is 1. The molecule has 1 aromatic heterocycles. The van der Waals surface area contributed by atoms with Gasteiger partial charge in [-0.2, -0.15) is 0 Å². The fourth-order valence-electron chi connectivity index (χ4n) is 1.75. The zero-order chi connectivity index (χ0) is 13.4. The number of carbonyl (C=O) groups excluding carboxylic acids is 1. The molecule has 19 heavy (non-hydrogen) atoms. The molecule has 2 aromatic rings. The van der Waals surface area contributed by atoms with E-state index in [1.54, 1.807) is 18.2 Å². The summed E-state index contributed by atoms with van der Waals surface area (Å²) in [6.45, 7) is 0. The van der Waals surface area contributed by atoms with Crippen LogP contribution >= 0.6 is 34.5 Å². The monoisotopic (exact) mass is 312 g/mol. The summed E-state index contributed by atoms with van der Waals surface area (Å²) in [5.41, 5.74) is 1.43. The Balaban J connectivity index is 1.78. The van der Waals surface area contributed by atoms with Gasteiger partial charge in [0.1, 0.15) is 0 Å². The Hall–Kier alpha value is -1.10. The fourth-order valence-corrected chi connectivity index (χ4v) is 2.93. The molecule has 1 aliphatic rings. The maximum Gasteiger partial charge on any atom is 0.259 e. The highest BCUT2D eigenvalue weighted by Gasteiger charge is 2.26. The zero-order valence-corrected chi connectivity index (χ0v) is 12.1. The van der Waals surface area contributed by atoms with Crippen LogP contribution in [0.3, 0.4) is 0 Å². The minimum Gasteiger partial charge on any atom is -0.298 e. The van der Waals surface area contributed by atoms with Crippen molar-refractivity contribution in [2.75, 3.05) is 5.32 Å². The van der Waals surface area contributed by atoms with Crippen LogP contribution in [0.1, 0.15) is 34.8 Å². The van der Waals surface area contributed by atoms with Crippen molar-refractivity contribution in [3.05, 3.63) is 44.9 Å². The van der Waals surface area contributed by atoms with E-state index in [0.717, 1.165) is 5.69 Å². The molecule has 0 radical (unpaired) electrons. The fraction of sp³-hybridized carbons (Fsp3) is 0.231. The predicted octanol–water partition coefficient (Wildman–Crippen LogP) is 4.58. The van der Waals surface area contributed by atoms with Crippen molar-refractivity contribution in [1.29, 1.82) is 0 Å². The van der Waals surface area contributed by atoms with E-state index in [4.69, 9.17) is 23.2 Å². The van der Waals surface area contributed by atoms with Gasteiger partial charge < -0.3 is 0 Å². The number of amides is 1. The largest absolute Gasteiger partial charge is 0.298 e. The standard InChI is InChI=1S/C13H10Cl2N2OS/c14-9-3-1-2-8(11(9)15)12(18)17-13-16-10(6-19-13)7-4-5-7/h1-3,6-7H,4-5H2,(H,16,17,18). The lowest BCUT2D eigenvalue weighted by molar-refractivity contribution is 0.102. The maximum atomic E-state index is 12.1. The van der Waals surface area contributed by atoms with Gasteiger partial charge in [0.05, 0.1) is 21.3 Å². The molecule has 98 valence electrons. The number of hydrogen-bond acceptors (Lipinski definition) is 3. The predicted molar refractivity (Wildman–Crippen MR) is 78.5 cm³/mol. The molecule has 3 rings (SSSR count). The molecule has 1 aliphatic carbocycles. The summed E-state index contributed by atoms with van der Waals surface area (Å²) in [4.78, 5) is 16.5. The van der Waals surface area contributed by atoms with Gasteiger partial charge in [0.15, 0.2) is 5.13 Å². The first-order valence-electron chi connectivity index (χ1n) is 5.86. The van der Waals surface area contributed by atoms with Crippen LogP contribution in [0.5, 0.6) is 0 Å². The first kappa shape index (κ1) is 12.9. The molecule has 6 heteroatoms. The number of halogens is 2. The second-order valence-electron chi connectivity index (χ2n) is 4.41. The van der Waals surface area contributed by atoms with E-state index >= 15 is 0 Å². The van der Waals surface area contributed by atoms with E-state index < -0.39 is 0 Å². The number of thiazole rings is 1. The molecule has 3 nitrogen and oxygen atoms in total. The first-order valence-corrected chi connectivity index (χ1v) is 7.49. The van der Waals surface area contributed by atoms with Gasteiger partial charge in [-0.25, -0.2) is 4.98 Å². The third-order valence-corrected chi connectivity index (χ3v) is 4.53. The summed E-state index contributed by atoms with van der Waals surface area (Å²) in [6.07, 6.45) is 2.38. The molecule has 1 N–H and O–H groups in total. The van der Waals surface area contributed by atoms with Crippen molar-refractivity contribution in [2.24, 2.45) is 0 Å². The van der Waals surface area contributed by atoms with E-state index in [9.17, 15) is 4.79 Å². The number of nitrogens with zero attached hydrogens (tertiary/aromatic N) is 1. The number of nitrogens with one attached hydrogen (secondary N) is 1. The molecule has 1 amide bonds. The molecule has 0 saturated heterocycles. The van der Waals surface area contributed by atoms with Crippen LogP contribution in [-0.2, 0) is 0 Å². The average Bonchev–Trinajstić information content (AvgIpc) is 3.14. The van der Waals surface area contributed by atoms with Crippen molar-refractivity contribution in [3.8, 4) is 0 Å². The van der Waals surface area contributed by atoms with Crippen LogP contribution in [0, 0.1) is 0 Å². The lowest BCUT2D eigenvalue weighted by atomic mass is 10.2. The molecular weight excluding hydrogens is 303 g/mol. The summed E-state index contributed by atoms with van der Waals surface area (Å²) < 4.78 is 0. The van der Waals surface area contributed by atoms with E-state index in [2.05, 4.69) is 10.3 Å². The Morgan fingerprint density at radius 2 is 2.16 bits per heavy atom. The van der Waals surface area contributed by atoms with E-state index in [0.29, 0.717) is 21.6 Å². The van der Waals surface area contributed by atoms with Crippen LogP contribution in [-0.4, -0.2) is 10.9 Å². The topological polar surface area (TPSA) is 42.0 Å². The van der Waals surface area contributed by atoms with Crippen LogP contribution < -0.4 is 5.32 Å². The Labute approximate surface area is 124 Å². The smallest absolute Gasteiger partial charge is 0.259 e. The molecule has 0 spiro atoms. The van der Waals surface area contributed by atoms with Crippen LogP contribution in [0.15, 0.2) is 23.6 Å². The Kier molecular flexibility index (Phi) is 3.48. The van der Waals surface area contributed by atoms with Crippen LogP contribution in [0.2, 0.25) is 10.0 Å². The number of carbonyl (C=O) groups is 1. The van der Waals surface area contributed by atoms with Gasteiger partial charge in [-0.15, -0.1) is 11.3 Å². The van der Waals surface area contributed by atoms with E-state index in [1.165, 1.54) is 24.2 Å².